The Kier molecular flexibility index (Phi) is 1.21. The maximum Gasteiger partial charge on any atom is 0.0719 e. The smallest absolute Gasteiger partial charge is 0.0719 e. The van der Waals surface area contributed by atoms with Gasteiger partial charge >= 0.3 is 0 Å². The fourth-order valence-electron chi connectivity index (χ4n) is 1.64. The number of thioether (sulfide) groups is 1. The maximum atomic E-state index is 4.31. The van der Waals surface area contributed by atoms with Crippen LogP contribution in [0.1, 0.15) is 11.3 Å². The Morgan fingerprint density at radius 2 is 2.42 bits per heavy atom. The summed E-state index contributed by atoms with van der Waals surface area (Å²) in [4.78, 5) is 5.70. The molecule has 1 aromatic heterocycles. The highest BCUT2D eigenvalue weighted by Gasteiger charge is 2.22. The zero-order valence-corrected chi connectivity index (χ0v) is 7.27. The van der Waals surface area contributed by atoms with Crippen LogP contribution in [0.4, 0.5) is 0 Å². The third-order valence-electron chi connectivity index (χ3n) is 2.19. The lowest BCUT2D eigenvalue weighted by atomic mass is 10.1. The van der Waals surface area contributed by atoms with Crippen LogP contribution in [0, 0.1) is 0 Å². The molecule has 1 aromatic rings. The van der Waals surface area contributed by atoms with Gasteiger partial charge in [-0.1, -0.05) is 12.1 Å². The molecule has 12 heavy (non-hydrogen) atoms. The number of rotatable bonds is 0. The molecule has 58 valence electrons. The van der Waals surface area contributed by atoms with Gasteiger partial charge in [0.25, 0.3) is 0 Å². The molecule has 0 radical (unpaired) electrons. The molecule has 1 aliphatic carbocycles. The second kappa shape index (κ2) is 2.23. The number of nitrogens with zero attached hydrogens (tertiary/aromatic N) is 1. The third-order valence-corrected chi connectivity index (χ3v) is 3.17. The number of pyridine rings is 1. The number of aromatic nitrogens is 1. The van der Waals surface area contributed by atoms with Crippen LogP contribution < -0.4 is 0 Å². The Labute approximate surface area is 75.2 Å². The summed E-state index contributed by atoms with van der Waals surface area (Å²) in [5, 5.41) is 0. The molecule has 2 heterocycles. The summed E-state index contributed by atoms with van der Waals surface area (Å²) < 4.78 is 0. The van der Waals surface area contributed by atoms with E-state index in [4.69, 9.17) is 0 Å². The molecule has 0 amide bonds. The average Bonchev–Trinajstić information content (AvgIpc) is 2.62. The SMILES string of the molecule is C1=C2SCC=C2c2cccnc21. The van der Waals surface area contributed by atoms with E-state index in [0.29, 0.717) is 0 Å². The molecular weight excluding hydrogens is 166 g/mol. The van der Waals surface area contributed by atoms with E-state index in [1.54, 1.807) is 0 Å². The molecular formula is C10H7NS. The Bertz CT molecular complexity index is 404. The minimum Gasteiger partial charge on any atom is -0.256 e. The van der Waals surface area contributed by atoms with E-state index in [-0.39, 0.29) is 0 Å². The highest BCUT2D eigenvalue weighted by atomic mass is 32.2. The van der Waals surface area contributed by atoms with E-state index in [1.165, 1.54) is 16.0 Å². The van der Waals surface area contributed by atoms with Crippen molar-refractivity contribution in [3.63, 3.8) is 0 Å². The zero-order chi connectivity index (χ0) is 7.97. The largest absolute Gasteiger partial charge is 0.256 e. The molecule has 0 N–H and O–H groups in total. The quantitative estimate of drug-likeness (QED) is 0.598. The monoisotopic (exact) mass is 173 g/mol. The van der Waals surface area contributed by atoms with Crippen molar-refractivity contribution in [2.75, 3.05) is 5.75 Å². The first-order valence-corrected chi connectivity index (χ1v) is 4.94. The number of hydrogen-bond acceptors (Lipinski definition) is 2. The van der Waals surface area contributed by atoms with Crippen LogP contribution in [0.2, 0.25) is 0 Å². The van der Waals surface area contributed by atoms with Crippen LogP contribution in [0.5, 0.6) is 0 Å². The zero-order valence-electron chi connectivity index (χ0n) is 6.45. The highest BCUT2D eigenvalue weighted by Crippen LogP contribution is 2.44. The van der Waals surface area contributed by atoms with Crippen LogP contribution in [0.25, 0.3) is 11.6 Å². The van der Waals surface area contributed by atoms with Crippen molar-refractivity contribution >= 4 is 23.4 Å². The molecule has 2 aliphatic rings. The van der Waals surface area contributed by atoms with Gasteiger partial charge in [-0.2, -0.15) is 0 Å². The standard InChI is InChI=1S/C10H7NS/c1-2-7-8-3-5-12-10(8)6-9(7)11-4-1/h1-4,6H,5H2. The first kappa shape index (κ1) is 6.49. The van der Waals surface area contributed by atoms with Crippen molar-refractivity contribution in [3.8, 4) is 0 Å². The van der Waals surface area contributed by atoms with Crippen molar-refractivity contribution in [2.24, 2.45) is 0 Å². The number of allylic oxidation sites excluding steroid dienone is 1. The van der Waals surface area contributed by atoms with E-state index in [1.807, 2.05) is 24.0 Å². The minimum absolute atomic E-state index is 1.12. The lowest BCUT2D eigenvalue weighted by Gasteiger charge is -1.96. The molecule has 0 saturated carbocycles. The summed E-state index contributed by atoms with van der Waals surface area (Å²) >= 11 is 1.90. The average molecular weight is 173 g/mol. The molecule has 0 saturated heterocycles. The summed E-state index contributed by atoms with van der Waals surface area (Å²) in [6.07, 6.45) is 6.31. The van der Waals surface area contributed by atoms with Gasteiger partial charge in [-0.25, -0.2) is 0 Å². The highest BCUT2D eigenvalue weighted by molar-refractivity contribution is 8.04. The predicted molar refractivity (Wildman–Crippen MR) is 52.6 cm³/mol. The van der Waals surface area contributed by atoms with Crippen molar-refractivity contribution in [2.45, 2.75) is 0 Å². The number of hydrogen-bond donors (Lipinski definition) is 0. The molecule has 0 unspecified atom stereocenters. The van der Waals surface area contributed by atoms with Crippen LogP contribution in [0.3, 0.4) is 0 Å². The predicted octanol–water partition coefficient (Wildman–Crippen LogP) is 2.57. The minimum atomic E-state index is 1.12. The van der Waals surface area contributed by atoms with E-state index in [0.717, 1.165) is 11.4 Å². The summed E-state index contributed by atoms with van der Waals surface area (Å²) in [6, 6.07) is 4.14. The molecule has 1 aliphatic heterocycles. The molecule has 2 heteroatoms. The van der Waals surface area contributed by atoms with Crippen LogP contribution in [-0.2, 0) is 0 Å². The Morgan fingerprint density at radius 1 is 1.42 bits per heavy atom. The van der Waals surface area contributed by atoms with Gasteiger partial charge < -0.3 is 0 Å². The summed E-state index contributed by atoms with van der Waals surface area (Å²) in [5.41, 5.74) is 3.83. The van der Waals surface area contributed by atoms with Crippen LogP contribution in [-0.4, -0.2) is 10.7 Å². The van der Waals surface area contributed by atoms with Gasteiger partial charge in [0.1, 0.15) is 0 Å². The van der Waals surface area contributed by atoms with Crippen molar-refractivity contribution < 1.29 is 0 Å². The molecule has 0 aromatic carbocycles. The first-order chi connectivity index (χ1) is 5.95. The molecule has 0 atom stereocenters. The second-order valence-electron chi connectivity index (χ2n) is 2.87. The molecule has 0 spiro atoms. The van der Waals surface area contributed by atoms with Crippen molar-refractivity contribution in [3.05, 3.63) is 40.6 Å². The van der Waals surface area contributed by atoms with Gasteiger partial charge in [0.15, 0.2) is 0 Å². The molecule has 0 bridgehead atoms. The molecule has 1 nitrogen and oxygen atoms in total. The normalized spacial score (nSPS) is 18.3. The Balaban J connectivity index is 2.29. The van der Waals surface area contributed by atoms with E-state index in [2.05, 4.69) is 23.2 Å². The van der Waals surface area contributed by atoms with Gasteiger partial charge in [0.2, 0.25) is 0 Å². The van der Waals surface area contributed by atoms with Crippen LogP contribution >= 0.6 is 11.8 Å². The van der Waals surface area contributed by atoms with Gasteiger partial charge in [-0.15, -0.1) is 11.8 Å². The topological polar surface area (TPSA) is 12.9 Å². The van der Waals surface area contributed by atoms with Crippen molar-refractivity contribution in [1.29, 1.82) is 0 Å². The number of fused-ring (bicyclic) bond motifs is 3. The van der Waals surface area contributed by atoms with E-state index < -0.39 is 0 Å². The summed E-state index contributed by atoms with van der Waals surface area (Å²) in [7, 11) is 0. The molecule has 0 fully saturated rings. The maximum absolute atomic E-state index is 4.31. The Morgan fingerprint density at radius 3 is 3.42 bits per heavy atom. The second-order valence-corrected chi connectivity index (χ2v) is 3.94. The van der Waals surface area contributed by atoms with E-state index >= 15 is 0 Å². The van der Waals surface area contributed by atoms with Gasteiger partial charge in [-0.3, -0.25) is 4.98 Å². The van der Waals surface area contributed by atoms with Crippen molar-refractivity contribution in [1.82, 2.24) is 4.98 Å². The molecule has 3 rings (SSSR count). The van der Waals surface area contributed by atoms with Gasteiger partial charge in [-0.05, 0) is 17.7 Å². The third kappa shape index (κ3) is 0.730. The van der Waals surface area contributed by atoms with Gasteiger partial charge in [0.05, 0.1) is 5.69 Å². The Hall–Kier alpha value is -1.02. The summed E-state index contributed by atoms with van der Waals surface area (Å²) in [5.74, 6) is 1.12. The van der Waals surface area contributed by atoms with Crippen LogP contribution in [0.15, 0.2) is 29.3 Å². The lowest BCUT2D eigenvalue weighted by Crippen LogP contribution is -1.82. The lowest BCUT2D eigenvalue weighted by molar-refractivity contribution is 1.29. The van der Waals surface area contributed by atoms with E-state index in [9.17, 15) is 0 Å². The first-order valence-electron chi connectivity index (χ1n) is 3.95. The fourth-order valence-corrected chi connectivity index (χ4v) is 2.61. The fraction of sp³-hybridized carbons (Fsp3) is 0.100. The summed E-state index contributed by atoms with van der Waals surface area (Å²) in [6.45, 7) is 0. The van der Waals surface area contributed by atoms with Gasteiger partial charge in [0, 0.05) is 22.4 Å².